The number of hydrogen-bond acceptors (Lipinski definition) is 4. The molecular formula is C25H35N3O3S. The van der Waals surface area contributed by atoms with E-state index in [9.17, 15) is 13.2 Å². The molecule has 2 aromatic rings. The first-order valence-corrected chi connectivity index (χ1v) is 12.8. The van der Waals surface area contributed by atoms with Crippen LogP contribution in [0.5, 0.6) is 0 Å². The zero-order valence-electron chi connectivity index (χ0n) is 19.6. The van der Waals surface area contributed by atoms with Gasteiger partial charge in [-0.05, 0) is 81.3 Å². The second-order valence-electron chi connectivity index (χ2n) is 8.71. The van der Waals surface area contributed by atoms with Gasteiger partial charge in [0.2, 0.25) is 15.9 Å². The van der Waals surface area contributed by atoms with Crippen molar-refractivity contribution in [2.75, 3.05) is 31.5 Å². The molecule has 1 heterocycles. The molecule has 0 spiro atoms. The van der Waals surface area contributed by atoms with Gasteiger partial charge in [0.25, 0.3) is 0 Å². The van der Waals surface area contributed by atoms with Crippen LogP contribution < -0.4 is 10.6 Å². The van der Waals surface area contributed by atoms with E-state index < -0.39 is 10.0 Å². The van der Waals surface area contributed by atoms with Crippen LogP contribution in [-0.4, -0.2) is 44.8 Å². The Kier molecular flexibility index (Phi) is 7.96. The molecule has 1 saturated heterocycles. The van der Waals surface area contributed by atoms with Gasteiger partial charge in [-0.1, -0.05) is 24.3 Å². The molecular weight excluding hydrogens is 422 g/mol. The van der Waals surface area contributed by atoms with Gasteiger partial charge in [-0.3, -0.25) is 4.79 Å². The fourth-order valence-electron chi connectivity index (χ4n) is 4.29. The second-order valence-corrected chi connectivity index (χ2v) is 10.6. The van der Waals surface area contributed by atoms with Crippen molar-refractivity contribution in [3.8, 4) is 0 Å². The van der Waals surface area contributed by atoms with E-state index in [0.29, 0.717) is 37.4 Å². The molecule has 0 atom stereocenters. The molecule has 2 aromatic carbocycles. The topological polar surface area (TPSA) is 78.5 Å². The molecule has 0 aliphatic carbocycles. The molecule has 0 unspecified atom stereocenters. The summed E-state index contributed by atoms with van der Waals surface area (Å²) < 4.78 is 28.3. The van der Waals surface area contributed by atoms with Crippen molar-refractivity contribution >= 4 is 21.6 Å². The highest BCUT2D eigenvalue weighted by atomic mass is 32.2. The van der Waals surface area contributed by atoms with Gasteiger partial charge in [-0.15, -0.1) is 0 Å². The number of para-hydroxylation sites is 1. The Hall–Kier alpha value is -2.38. The van der Waals surface area contributed by atoms with Gasteiger partial charge in [0.05, 0.1) is 4.90 Å². The normalized spacial score (nSPS) is 15.5. The average molecular weight is 458 g/mol. The lowest BCUT2D eigenvalue weighted by Gasteiger charge is -2.31. The molecule has 0 bridgehead atoms. The Morgan fingerprint density at radius 2 is 1.56 bits per heavy atom. The highest BCUT2D eigenvalue weighted by molar-refractivity contribution is 7.89. The fraction of sp³-hybridized carbons (Fsp3) is 0.480. The lowest BCUT2D eigenvalue weighted by atomic mass is 9.97. The molecule has 0 radical (unpaired) electrons. The van der Waals surface area contributed by atoms with Crippen LogP contribution in [0.25, 0.3) is 0 Å². The van der Waals surface area contributed by atoms with E-state index in [0.717, 1.165) is 40.9 Å². The number of nitrogens with zero attached hydrogens (tertiary/aromatic N) is 1. The smallest absolute Gasteiger partial charge is 0.243 e. The van der Waals surface area contributed by atoms with Gasteiger partial charge in [-0.25, -0.2) is 8.42 Å². The summed E-state index contributed by atoms with van der Waals surface area (Å²) in [5.74, 6) is -0.106. The Bertz CT molecular complexity index is 1020. The maximum absolute atomic E-state index is 13.4. The summed E-state index contributed by atoms with van der Waals surface area (Å²) >= 11 is 0. The number of amides is 1. The first-order valence-electron chi connectivity index (χ1n) is 11.4. The third-order valence-corrected chi connectivity index (χ3v) is 8.65. The van der Waals surface area contributed by atoms with E-state index in [2.05, 4.69) is 10.6 Å². The van der Waals surface area contributed by atoms with E-state index in [1.54, 1.807) is 4.31 Å². The van der Waals surface area contributed by atoms with Gasteiger partial charge in [0.15, 0.2) is 0 Å². The third-order valence-electron chi connectivity index (χ3n) is 6.48. The molecule has 6 nitrogen and oxygen atoms in total. The summed E-state index contributed by atoms with van der Waals surface area (Å²) in [6.07, 6.45) is 1.94. The summed E-state index contributed by atoms with van der Waals surface area (Å²) in [7, 11) is -3.57. The SMILES string of the molecule is Cc1cc(C)c(C)c(S(=O)(=O)N2CCC(C(=O)NCCCNc3ccccc3)CC2)c1C. The molecule has 1 amide bonds. The molecule has 2 N–H and O–H groups in total. The Morgan fingerprint density at radius 3 is 2.16 bits per heavy atom. The van der Waals surface area contributed by atoms with Crippen LogP contribution in [0.3, 0.4) is 0 Å². The minimum absolute atomic E-state index is 0.0283. The van der Waals surface area contributed by atoms with E-state index in [1.807, 2.05) is 64.1 Å². The molecule has 0 saturated carbocycles. The van der Waals surface area contributed by atoms with Crippen LogP contribution in [0.2, 0.25) is 0 Å². The number of carbonyl (C=O) groups is 1. The van der Waals surface area contributed by atoms with E-state index in [1.165, 1.54) is 0 Å². The van der Waals surface area contributed by atoms with Gasteiger partial charge in [-0.2, -0.15) is 4.31 Å². The largest absolute Gasteiger partial charge is 0.385 e. The molecule has 174 valence electrons. The number of benzene rings is 2. The number of aryl methyl sites for hydroxylation is 2. The standard InChI is InChI=1S/C25H35N3O3S/c1-18-17-19(2)21(4)24(20(18)3)32(30,31)28-15-11-22(12-16-28)25(29)27-14-8-13-26-23-9-6-5-7-10-23/h5-7,9-10,17,22,26H,8,11-16H2,1-4H3,(H,27,29). The summed E-state index contributed by atoms with van der Waals surface area (Å²) in [5, 5.41) is 6.34. The second kappa shape index (κ2) is 10.5. The number of piperidine rings is 1. The van der Waals surface area contributed by atoms with Crippen LogP contribution in [0, 0.1) is 33.6 Å². The van der Waals surface area contributed by atoms with Crippen LogP contribution in [0.15, 0.2) is 41.3 Å². The zero-order valence-corrected chi connectivity index (χ0v) is 20.4. The molecule has 1 aliphatic rings. The summed E-state index contributed by atoms with van der Waals surface area (Å²) in [5.41, 5.74) is 4.68. The summed E-state index contributed by atoms with van der Waals surface area (Å²) in [4.78, 5) is 13.0. The van der Waals surface area contributed by atoms with Crippen molar-refractivity contribution in [3.05, 3.63) is 58.7 Å². The van der Waals surface area contributed by atoms with Crippen LogP contribution in [0.1, 0.15) is 41.5 Å². The Labute approximate surface area is 192 Å². The van der Waals surface area contributed by atoms with Crippen LogP contribution >= 0.6 is 0 Å². The third kappa shape index (κ3) is 5.51. The Morgan fingerprint density at radius 1 is 0.969 bits per heavy atom. The van der Waals surface area contributed by atoms with Crippen molar-refractivity contribution in [1.29, 1.82) is 0 Å². The minimum Gasteiger partial charge on any atom is -0.385 e. The van der Waals surface area contributed by atoms with E-state index in [-0.39, 0.29) is 11.8 Å². The predicted molar refractivity (Wildman–Crippen MR) is 129 cm³/mol. The number of anilines is 1. The highest BCUT2D eigenvalue weighted by Crippen LogP contribution is 2.31. The first kappa shape index (κ1) is 24.3. The molecule has 1 aliphatic heterocycles. The maximum Gasteiger partial charge on any atom is 0.243 e. The summed E-state index contributed by atoms with van der Waals surface area (Å²) in [6.45, 7) is 9.81. The molecule has 3 rings (SSSR count). The summed E-state index contributed by atoms with van der Waals surface area (Å²) in [6, 6.07) is 12.0. The monoisotopic (exact) mass is 457 g/mol. The van der Waals surface area contributed by atoms with E-state index in [4.69, 9.17) is 0 Å². The van der Waals surface area contributed by atoms with Gasteiger partial charge in [0, 0.05) is 37.8 Å². The predicted octanol–water partition coefficient (Wildman–Crippen LogP) is 3.94. The number of hydrogen-bond donors (Lipinski definition) is 2. The molecule has 32 heavy (non-hydrogen) atoms. The van der Waals surface area contributed by atoms with Crippen molar-refractivity contribution in [3.63, 3.8) is 0 Å². The number of sulfonamides is 1. The van der Waals surface area contributed by atoms with Crippen LogP contribution in [0.4, 0.5) is 5.69 Å². The van der Waals surface area contributed by atoms with Crippen molar-refractivity contribution in [2.45, 2.75) is 51.9 Å². The maximum atomic E-state index is 13.4. The lowest BCUT2D eigenvalue weighted by Crippen LogP contribution is -2.43. The fourth-order valence-corrected chi connectivity index (χ4v) is 6.33. The number of carbonyl (C=O) groups excluding carboxylic acids is 1. The molecule has 7 heteroatoms. The minimum atomic E-state index is -3.57. The van der Waals surface area contributed by atoms with Gasteiger partial charge >= 0.3 is 0 Å². The van der Waals surface area contributed by atoms with E-state index >= 15 is 0 Å². The number of rotatable bonds is 8. The zero-order chi connectivity index (χ0) is 23.3. The first-order chi connectivity index (χ1) is 15.2. The quantitative estimate of drug-likeness (QED) is 0.589. The lowest BCUT2D eigenvalue weighted by molar-refractivity contribution is -0.126. The number of nitrogens with one attached hydrogen (secondary N) is 2. The van der Waals surface area contributed by atoms with Crippen LogP contribution in [-0.2, 0) is 14.8 Å². The average Bonchev–Trinajstić information content (AvgIpc) is 2.78. The van der Waals surface area contributed by atoms with Gasteiger partial charge < -0.3 is 10.6 Å². The molecule has 1 fully saturated rings. The van der Waals surface area contributed by atoms with Gasteiger partial charge in [0.1, 0.15) is 0 Å². The molecule has 0 aromatic heterocycles. The highest BCUT2D eigenvalue weighted by Gasteiger charge is 2.34. The van der Waals surface area contributed by atoms with Crippen molar-refractivity contribution in [2.24, 2.45) is 5.92 Å². The van der Waals surface area contributed by atoms with Crippen molar-refractivity contribution < 1.29 is 13.2 Å². The van der Waals surface area contributed by atoms with Crippen molar-refractivity contribution in [1.82, 2.24) is 9.62 Å². The Balaban J connectivity index is 1.50.